The Morgan fingerprint density at radius 1 is 1.12 bits per heavy atom. The molecule has 0 saturated carbocycles. The number of methoxy groups -OCH3 is 2. The number of hydrogen-bond acceptors (Lipinski definition) is 4. The highest BCUT2D eigenvalue weighted by Gasteiger charge is 2.22. The minimum absolute atomic E-state index is 0.0522. The third-order valence-electron chi connectivity index (χ3n) is 4.53. The van der Waals surface area contributed by atoms with E-state index >= 15 is 0 Å². The van der Waals surface area contributed by atoms with Crippen molar-refractivity contribution in [3.8, 4) is 11.5 Å². The molecule has 0 saturated heterocycles. The maximum absolute atomic E-state index is 12.5. The van der Waals surface area contributed by atoms with Crippen molar-refractivity contribution in [2.24, 2.45) is 0 Å². The van der Waals surface area contributed by atoms with Crippen LogP contribution in [0.2, 0.25) is 0 Å². The van der Waals surface area contributed by atoms with Gasteiger partial charge in [0.05, 0.1) is 19.8 Å². The zero-order valence-electron chi connectivity index (χ0n) is 15.2. The number of anilines is 1. The molecule has 0 fully saturated rings. The second-order valence-corrected chi connectivity index (χ2v) is 6.13. The van der Waals surface area contributed by atoms with E-state index in [0.29, 0.717) is 30.2 Å². The molecule has 0 bridgehead atoms. The van der Waals surface area contributed by atoms with Crippen LogP contribution in [0, 0.1) is 0 Å². The lowest BCUT2D eigenvalue weighted by molar-refractivity contribution is -0.116. The molecule has 0 aromatic heterocycles. The lowest BCUT2D eigenvalue weighted by Crippen LogP contribution is -2.25. The van der Waals surface area contributed by atoms with Crippen LogP contribution in [0.15, 0.2) is 36.4 Å². The molecule has 0 radical (unpaired) electrons. The van der Waals surface area contributed by atoms with Crippen LogP contribution in [0.1, 0.15) is 28.4 Å². The molecule has 2 aromatic rings. The Morgan fingerprint density at radius 2 is 1.92 bits per heavy atom. The van der Waals surface area contributed by atoms with Gasteiger partial charge in [-0.25, -0.2) is 0 Å². The van der Waals surface area contributed by atoms with Crippen molar-refractivity contribution in [1.82, 2.24) is 5.32 Å². The van der Waals surface area contributed by atoms with Crippen LogP contribution in [0.25, 0.3) is 0 Å². The van der Waals surface area contributed by atoms with E-state index in [2.05, 4.69) is 5.32 Å². The molecule has 1 N–H and O–H groups in total. The van der Waals surface area contributed by atoms with Crippen LogP contribution in [0.4, 0.5) is 5.69 Å². The van der Waals surface area contributed by atoms with E-state index in [1.54, 1.807) is 37.1 Å². The van der Waals surface area contributed by atoms with E-state index < -0.39 is 0 Å². The number of ether oxygens (including phenoxy) is 2. The second kappa shape index (κ2) is 7.47. The molecule has 0 unspecified atom stereocenters. The molecule has 1 aliphatic rings. The molecule has 26 heavy (non-hydrogen) atoms. The summed E-state index contributed by atoms with van der Waals surface area (Å²) < 4.78 is 10.4. The van der Waals surface area contributed by atoms with Gasteiger partial charge >= 0.3 is 0 Å². The minimum Gasteiger partial charge on any atom is -0.497 e. The van der Waals surface area contributed by atoms with Crippen molar-refractivity contribution in [3.05, 3.63) is 53.1 Å². The van der Waals surface area contributed by atoms with Gasteiger partial charge in [0.2, 0.25) is 5.91 Å². The zero-order chi connectivity index (χ0) is 18.7. The second-order valence-electron chi connectivity index (χ2n) is 6.13. The van der Waals surface area contributed by atoms with Crippen LogP contribution in [0.5, 0.6) is 11.5 Å². The fourth-order valence-corrected chi connectivity index (χ4v) is 3.16. The van der Waals surface area contributed by atoms with Gasteiger partial charge in [-0.15, -0.1) is 0 Å². The molecular formula is C20H22N2O4. The molecule has 2 amide bonds. The summed E-state index contributed by atoms with van der Waals surface area (Å²) in [7, 11) is 3.09. The van der Waals surface area contributed by atoms with Gasteiger partial charge in [-0.05, 0) is 35.7 Å². The maximum atomic E-state index is 12.5. The Kier molecular flexibility index (Phi) is 5.11. The van der Waals surface area contributed by atoms with E-state index in [1.165, 1.54) is 7.11 Å². The number of nitrogens with zero attached hydrogens (tertiary/aromatic N) is 1. The van der Waals surface area contributed by atoms with Crippen LogP contribution in [-0.4, -0.2) is 32.6 Å². The first-order chi connectivity index (χ1) is 12.5. The van der Waals surface area contributed by atoms with Gasteiger partial charge in [0.1, 0.15) is 11.5 Å². The smallest absolute Gasteiger partial charge is 0.255 e. The first-order valence-electron chi connectivity index (χ1n) is 8.43. The Hall–Kier alpha value is -3.02. The average molecular weight is 354 g/mol. The Balaban J connectivity index is 1.70. The maximum Gasteiger partial charge on any atom is 0.255 e. The summed E-state index contributed by atoms with van der Waals surface area (Å²) in [5.41, 5.74) is 3.55. The highest BCUT2D eigenvalue weighted by molar-refractivity contribution is 5.97. The molecule has 6 heteroatoms. The van der Waals surface area contributed by atoms with Gasteiger partial charge in [0.15, 0.2) is 0 Å². The van der Waals surface area contributed by atoms with Gasteiger partial charge in [-0.1, -0.05) is 12.1 Å². The van der Waals surface area contributed by atoms with Crippen molar-refractivity contribution in [1.29, 1.82) is 0 Å². The topological polar surface area (TPSA) is 67.9 Å². The first kappa shape index (κ1) is 17.8. The number of amides is 2. The first-order valence-corrected chi connectivity index (χ1v) is 8.43. The van der Waals surface area contributed by atoms with Crippen LogP contribution >= 0.6 is 0 Å². The van der Waals surface area contributed by atoms with Gasteiger partial charge in [0, 0.05) is 31.8 Å². The van der Waals surface area contributed by atoms with E-state index in [4.69, 9.17) is 9.47 Å². The summed E-state index contributed by atoms with van der Waals surface area (Å²) >= 11 is 0. The predicted octanol–water partition coefficient (Wildman–Crippen LogP) is 2.54. The van der Waals surface area contributed by atoms with Gasteiger partial charge < -0.3 is 19.7 Å². The van der Waals surface area contributed by atoms with Crippen molar-refractivity contribution in [3.63, 3.8) is 0 Å². The van der Waals surface area contributed by atoms with Crippen molar-refractivity contribution in [2.75, 3.05) is 25.7 Å². The summed E-state index contributed by atoms with van der Waals surface area (Å²) in [5.74, 6) is 0.937. The predicted molar refractivity (Wildman–Crippen MR) is 98.9 cm³/mol. The lowest BCUT2D eigenvalue weighted by atomic mass is 10.1. The molecule has 3 rings (SSSR count). The number of benzene rings is 2. The molecule has 1 aliphatic heterocycles. The van der Waals surface area contributed by atoms with Crippen LogP contribution < -0.4 is 19.7 Å². The monoisotopic (exact) mass is 354 g/mol. The highest BCUT2D eigenvalue weighted by atomic mass is 16.5. The average Bonchev–Trinajstić information content (AvgIpc) is 3.09. The molecule has 2 aromatic carbocycles. The van der Waals surface area contributed by atoms with E-state index in [1.807, 2.05) is 18.2 Å². The molecule has 1 heterocycles. The largest absolute Gasteiger partial charge is 0.497 e. The number of rotatable bonds is 5. The summed E-state index contributed by atoms with van der Waals surface area (Å²) in [4.78, 5) is 25.9. The third kappa shape index (κ3) is 3.49. The van der Waals surface area contributed by atoms with Crippen molar-refractivity contribution >= 4 is 17.5 Å². The quantitative estimate of drug-likeness (QED) is 0.896. The summed E-state index contributed by atoms with van der Waals surface area (Å²) in [6, 6.07) is 11.0. The summed E-state index contributed by atoms with van der Waals surface area (Å²) in [6.45, 7) is 2.69. The normalized spacial score (nSPS) is 12.5. The van der Waals surface area contributed by atoms with Gasteiger partial charge in [-0.3, -0.25) is 9.59 Å². The number of nitrogens with one attached hydrogen (secondary N) is 1. The third-order valence-corrected chi connectivity index (χ3v) is 4.53. The summed E-state index contributed by atoms with van der Waals surface area (Å²) in [5, 5.41) is 2.91. The van der Waals surface area contributed by atoms with E-state index in [-0.39, 0.29) is 11.8 Å². The highest BCUT2D eigenvalue weighted by Crippen LogP contribution is 2.29. The number of hydrogen-bond donors (Lipinski definition) is 1. The van der Waals surface area contributed by atoms with Crippen molar-refractivity contribution in [2.45, 2.75) is 19.9 Å². The Morgan fingerprint density at radius 3 is 2.62 bits per heavy atom. The molecular weight excluding hydrogens is 332 g/mol. The Labute approximate surface area is 152 Å². The van der Waals surface area contributed by atoms with E-state index in [9.17, 15) is 9.59 Å². The van der Waals surface area contributed by atoms with Crippen LogP contribution in [-0.2, 0) is 17.8 Å². The SMILES string of the molecule is COc1ccc(C(=O)NCc2ccc3c(c2)CCN3C(C)=O)c(OC)c1. The minimum atomic E-state index is -0.213. The fourth-order valence-electron chi connectivity index (χ4n) is 3.16. The number of carbonyl (C=O) groups is 2. The zero-order valence-corrected chi connectivity index (χ0v) is 15.2. The molecule has 0 aliphatic carbocycles. The molecule has 136 valence electrons. The van der Waals surface area contributed by atoms with Gasteiger partial charge in [-0.2, -0.15) is 0 Å². The van der Waals surface area contributed by atoms with E-state index in [0.717, 1.165) is 23.2 Å². The molecule has 0 spiro atoms. The van der Waals surface area contributed by atoms with Crippen LogP contribution in [0.3, 0.4) is 0 Å². The van der Waals surface area contributed by atoms with Gasteiger partial charge in [0.25, 0.3) is 5.91 Å². The standard InChI is InChI=1S/C20H22N2O4/c1-13(23)22-9-8-15-10-14(4-7-18(15)22)12-21-20(24)17-6-5-16(25-2)11-19(17)26-3/h4-7,10-11H,8-9,12H2,1-3H3,(H,21,24). The number of fused-ring (bicyclic) bond motifs is 1. The Bertz CT molecular complexity index is 848. The summed E-state index contributed by atoms with van der Waals surface area (Å²) in [6.07, 6.45) is 0.836. The fraction of sp³-hybridized carbons (Fsp3) is 0.300. The lowest BCUT2D eigenvalue weighted by Gasteiger charge is -2.15. The molecule has 0 atom stereocenters. The van der Waals surface area contributed by atoms with Crippen molar-refractivity contribution < 1.29 is 19.1 Å². The molecule has 6 nitrogen and oxygen atoms in total. The number of carbonyl (C=O) groups excluding carboxylic acids is 2.